The number of nitrogens with one attached hydrogen (secondary N) is 1. The minimum absolute atomic E-state index is 0.154. The number of hydrogen-bond donors (Lipinski definition) is 2. The fourth-order valence-electron chi connectivity index (χ4n) is 2.26. The zero-order chi connectivity index (χ0) is 18.1. The molecule has 0 saturated carbocycles. The lowest BCUT2D eigenvalue weighted by atomic mass is 10.2. The SMILES string of the molecule is CCOc1cc(CNCCCO)c(Cl)cc1OCc1ccc(F)cc1. The van der Waals surface area contributed by atoms with E-state index in [1.807, 2.05) is 13.0 Å². The first-order valence-corrected chi connectivity index (χ1v) is 8.66. The average Bonchev–Trinajstić information content (AvgIpc) is 2.61. The van der Waals surface area contributed by atoms with Crippen molar-refractivity contribution in [2.45, 2.75) is 26.5 Å². The van der Waals surface area contributed by atoms with Crippen LogP contribution >= 0.6 is 11.6 Å². The molecule has 0 aliphatic heterocycles. The van der Waals surface area contributed by atoms with Gasteiger partial charge in [0.25, 0.3) is 0 Å². The maximum Gasteiger partial charge on any atom is 0.163 e. The van der Waals surface area contributed by atoms with Crippen LogP contribution in [0.4, 0.5) is 4.39 Å². The Hall–Kier alpha value is -1.82. The van der Waals surface area contributed by atoms with E-state index in [-0.39, 0.29) is 12.4 Å². The third kappa shape index (κ3) is 6.20. The molecule has 0 spiro atoms. The maximum absolute atomic E-state index is 13.0. The molecule has 0 amide bonds. The van der Waals surface area contributed by atoms with Crippen molar-refractivity contribution >= 4 is 11.6 Å². The molecule has 0 fully saturated rings. The number of aliphatic hydroxyl groups excluding tert-OH is 1. The molecule has 4 nitrogen and oxygen atoms in total. The van der Waals surface area contributed by atoms with Crippen LogP contribution in [0.1, 0.15) is 24.5 Å². The lowest BCUT2D eigenvalue weighted by molar-refractivity contribution is 0.269. The molecule has 0 heterocycles. The third-order valence-corrected chi connectivity index (χ3v) is 3.90. The Balaban J connectivity index is 2.07. The van der Waals surface area contributed by atoms with E-state index in [0.717, 1.165) is 11.1 Å². The van der Waals surface area contributed by atoms with Gasteiger partial charge in [-0.2, -0.15) is 0 Å². The number of ether oxygens (including phenoxy) is 2. The molecule has 2 rings (SSSR count). The van der Waals surface area contributed by atoms with E-state index in [2.05, 4.69) is 5.32 Å². The summed E-state index contributed by atoms with van der Waals surface area (Å²) in [4.78, 5) is 0. The van der Waals surface area contributed by atoms with E-state index in [9.17, 15) is 4.39 Å². The molecular formula is C19H23ClFNO3. The smallest absolute Gasteiger partial charge is 0.163 e. The van der Waals surface area contributed by atoms with Gasteiger partial charge in [0.05, 0.1) is 6.61 Å². The van der Waals surface area contributed by atoms with Crippen LogP contribution in [-0.4, -0.2) is 24.9 Å². The molecule has 136 valence electrons. The summed E-state index contributed by atoms with van der Waals surface area (Å²) in [5, 5.41) is 12.6. The summed E-state index contributed by atoms with van der Waals surface area (Å²) >= 11 is 6.34. The molecule has 0 radical (unpaired) electrons. The second-order valence-electron chi connectivity index (χ2n) is 5.49. The van der Waals surface area contributed by atoms with Gasteiger partial charge in [-0.1, -0.05) is 23.7 Å². The van der Waals surface area contributed by atoms with Crippen molar-refractivity contribution in [3.8, 4) is 11.5 Å². The molecule has 6 heteroatoms. The number of halogens is 2. The van der Waals surface area contributed by atoms with Crippen LogP contribution in [0, 0.1) is 5.82 Å². The molecule has 0 unspecified atom stereocenters. The van der Waals surface area contributed by atoms with Crippen molar-refractivity contribution in [1.29, 1.82) is 0 Å². The van der Waals surface area contributed by atoms with Gasteiger partial charge in [0.1, 0.15) is 12.4 Å². The maximum atomic E-state index is 13.0. The Morgan fingerprint density at radius 3 is 2.52 bits per heavy atom. The van der Waals surface area contributed by atoms with E-state index in [0.29, 0.717) is 49.2 Å². The second-order valence-corrected chi connectivity index (χ2v) is 5.90. The fraction of sp³-hybridized carbons (Fsp3) is 0.368. The van der Waals surface area contributed by atoms with Gasteiger partial charge in [0.2, 0.25) is 0 Å². The van der Waals surface area contributed by atoms with Crippen molar-refractivity contribution in [2.75, 3.05) is 19.8 Å². The lowest BCUT2D eigenvalue weighted by Crippen LogP contribution is -2.16. The highest BCUT2D eigenvalue weighted by Gasteiger charge is 2.11. The first kappa shape index (κ1) is 19.5. The summed E-state index contributed by atoms with van der Waals surface area (Å²) in [7, 11) is 0. The van der Waals surface area contributed by atoms with E-state index >= 15 is 0 Å². The molecule has 25 heavy (non-hydrogen) atoms. The molecular weight excluding hydrogens is 345 g/mol. The van der Waals surface area contributed by atoms with Gasteiger partial charge in [0, 0.05) is 24.2 Å². The summed E-state index contributed by atoms with van der Waals surface area (Å²) < 4.78 is 24.4. The highest BCUT2D eigenvalue weighted by Crippen LogP contribution is 2.34. The molecule has 0 atom stereocenters. The number of hydrogen-bond acceptors (Lipinski definition) is 4. The zero-order valence-corrected chi connectivity index (χ0v) is 15.0. The van der Waals surface area contributed by atoms with Crippen LogP contribution in [0.15, 0.2) is 36.4 Å². The molecule has 0 saturated heterocycles. The molecule has 2 aromatic carbocycles. The summed E-state index contributed by atoms with van der Waals surface area (Å²) in [5.41, 5.74) is 1.76. The van der Waals surface area contributed by atoms with Gasteiger partial charge < -0.3 is 19.9 Å². The first-order chi connectivity index (χ1) is 12.1. The second kappa shape index (κ2) is 10.2. The molecule has 2 N–H and O–H groups in total. The number of rotatable bonds is 10. The average molecular weight is 368 g/mol. The summed E-state index contributed by atoms with van der Waals surface area (Å²) in [6.45, 7) is 4.14. The van der Waals surface area contributed by atoms with Crippen LogP contribution in [0.5, 0.6) is 11.5 Å². The van der Waals surface area contributed by atoms with E-state index in [1.54, 1.807) is 18.2 Å². The Kier molecular flexibility index (Phi) is 7.98. The minimum Gasteiger partial charge on any atom is -0.490 e. The first-order valence-electron chi connectivity index (χ1n) is 8.28. The largest absolute Gasteiger partial charge is 0.490 e. The highest BCUT2D eigenvalue weighted by molar-refractivity contribution is 6.31. The predicted molar refractivity (Wildman–Crippen MR) is 96.8 cm³/mol. The van der Waals surface area contributed by atoms with Crippen molar-refractivity contribution in [2.24, 2.45) is 0 Å². The zero-order valence-electron chi connectivity index (χ0n) is 14.2. The molecule has 0 bridgehead atoms. The molecule has 0 aliphatic carbocycles. The third-order valence-electron chi connectivity index (χ3n) is 3.55. The van der Waals surface area contributed by atoms with Crippen molar-refractivity contribution in [1.82, 2.24) is 5.32 Å². The van der Waals surface area contributed by atoms with Gasteiger partial charge in [-0.3, -0.25) is 0 Å². The van der Waals surface area contributed by atoms with Gasteiger partial charge in [-0.05, 0) is 49.2 Å². The Bertz CT molecular complexity index is 664. The van der Waals surface area contributed by atoms with Crippen LogP contribution in [-0.2, 0) is 13.2 Å². The summed E-state index contributed by atoms with van der Waals surface area (Å²) in [6.07, 6.45) is 0.689. The van der Waals surface area contributed by atoms with Gasteiger partial charge in [0.15, 0.2) is 11.5 Å². The normalized spacial score (nSPS) is 10.7. The summed E-state index contributed by atoms with van der Waals surface area (Å²) in [5.74, 6) is 0.892. The van der Waals surface area contributed by atoms with E-state index in [1.165, 1.54) is 12.1 Å². The minimum atomic E-state index is -0.278. The monoisotopic (exact) mass is 367 g/mol. The number of aliphatic hydroxyl groups is 1. The van der Waals surface area contributed by atoms with E-state index < -0.39 is 0 Å². The number of benzene rings is 2. The van der Waals surface area contributed by atoms with Crippen LogP contribution in [0.2, 0.25) is 5.02 Å². The molecule has 0 aliphatic rings. The Morgan fingerprint density at radius 2 is 1.84 bits per heavy atom. The molecule has 2 aromatic rings. The van der Waals surface area contributed by atoms with Crippen molar-refractivity contribution in [3.63, 3.8) is 0 Å². The lowest BCUT2D eigenvalue weighted by Gasteiger charge is -2.15. The van der Waals surface area contributed by atoms with Crippen LogP contribution in [0.25, 0.3) is 0 Å². The summed E-state index contributed by atoms with van der Waals surface area (Å²) in [6, 6.07) is 9.75. The Morgan fingerprint density at radius 1 is 1.12 bits per heavy atom. The standard InChI is InChI=1S/C19H23ClFNO3/c1-2-24-18-10-15(12-22-8-3-9-23)17(20)11-19(18)25-13-14-4-6-16(21)7-5-14/h4-7,10-11,22-23H,2-3,8-9,12-13H2,1H3. The van der Waals surface area contributed by atoms with Gasteiger partial charge >= 0.3 is 0 Å². The van der Waals surface area contributed by atoms with Crippen LogP contribution in [0.3, 0.4) is 0 Å². The predicted octanol–water partition coefficient (Wildman–Crippen LogP) is 3.93. The van der Waals surface area contributed by atoms with Gasteiger partial charge in [-0.15, -0.1) is 0 Å². The van der Waals surface area contributed by atoms with Gasteiger partial charge in [-0.25, -0.2) is 4.39 Å². The van der Waals surface area contributed by atoms with E-state index in [4.69, 9.17) is 26.2 Å². The van der Waals surface area contributed by atoms with Crippen molar-refractivity contribution in [3.05, 3.63) is 58.4 Å². The highest BCUT2D eigenvalue weighted by atomic mass is 35.5. The van der Waals surface area contributed by atoms with Crippen molar-refractivity contribution < 1.29 is 19.0 Å². The fourth-order valence-corrected chi connectivity index (χ4v) is 2.48. The quantitative estimate of drug-likeness (QED) is 0.625. The molecule has 0 aromatic heterocycles. The topological polar surface area (TPSA) is 50.7 Å². The van der Waals surface area contributed by atoms with Crippen LogP contribution < -0.4 is 14.8 Å². The Labute approximate surface area is 152 Å².